The van der Waals surface area contributed by atoms with E-state index < -0.39 is 0 Å². The van der Waals surface area contributed by atoms with E-state index in [1.54, 1.807) is 14.2 Å². The normalized spacial score (nSPS) is 14.8. The molecule has 2 heterocycles. The van der Waals surface area contributed by atoms with Crippen LogP contribution >= 0.6 is 35.3 Å². The Labute approximate surface area is 210 Å². The predicted octanol–water partition coefficient (Wildman–Crippen LogP) is 4.91. The zero-order chi connectivity index (χ0) is 21.6. The van der Waals surface area contributed by atoms with E-state index in [0.717, 1.165) is 25.2 Å². The summed E-state index contributed by atoms with van der Waals surface area (Å²) in [5, 5.41) is 5.35. The van der Waals surface area contributed by atoms with Crippen molar-refractivity contribution in [3.8, 4) is 11.5 Å². The molecule has 2 aromatic carbocycles. The van der Waals surface area contributed by atoms with Crippen LogP contribution in [0.2, 0.25) is 0 Å². The Hall–Kier alpha value is -2.30. The lowest BCUT2D eigenvalue weighted by atomic mass is 10.0. The lowest BCUT2D eigenvalue weighted by Gasteiger charge is -2.34. The first-order chi connectivity index (χ1) is 15.2. The van der Waals surface area contributed by atoms with E-state index in [1.165, 1.54) is 16.0 Å². The zero-order valence-electron chi connectivity index (χ0n) is 18.3. The number of nitrogens with zero attached hydrogens (tertiary/aromatic N) is 2. The molecule has 1 aliphatic heterocycles. The Morgan fingerprint density at radius 1 is 1.12 bits per heavy atom. The Balaban J connectivity index is 0.00000289. The maximum atomic E-state index is 6.23. The number of hydrogen-bond donors (Lipinski definition) is 2. The van der Waals surface area contributed by atoms with Crippen molar-refractivity contribution >= 4 is 47.0 Å². The molecule has 1 aliphatic rings. The second kappa shape index (κ2) is 11.5. The summed E-state index contributed by atoms with van der Waals surface area (Å²) < 4.78 is 10.7. The van der Waals surface area contributed by atoms with Crippen molar-refractivity contribution in [3.05, 3.63) is 76.0 Å². The second-order valence-corrected chi connectivity index (χ2v) is 8.44. The highest BCUT2D eigenvalue weighted by Gasteiger charge is 2.25. The molecule has 3 N–H and O–H groups in total. The number of anilines is 1. The van der Waals surface area contributed by atoms with Gasteiger partial charge in [0.15, 0.2) is 17.5 Å². The lowest BCUT2D eigenvalue weighted by Crippen LogP contribution is -2.35. The number of nitrogens with one attached hydrogen (secondary N) is 1. The van der Waals surface area contributed by atoms with Gasteiger partial charge < -0.3 is 20.5 Å². The number of ether oxygens (including phenoxy) is 2. The Morgan fingerprint density at radius 2 is 1.91 bits per heavy atom. The van der Waals surface area contributed by atoms with E-state index in [9.17, 15) is 0 Å². The van der Waals surface area contributed by atoms with Crippen LogP contribution in [0.3, 0.4) is 0 Å². The van der Waals surface area contributed by atoms with Gasteiger partial charge in [-0.2, -0.15) is 0 Å². The van der Waals surface area contributed by atoms with Gasteiger partial charge in [0, 0.05) is 29.7 Å². The third-order valence-electron chi connectivity index (χ3n) is 5.55. The maximum absolute atomic E-state index is 6.23. The predicted molar refractivity (Wildman–Crippen MR) is 143 cm³/mol. The summed E-state index contributed by atoms with van der Waals surface area (Å²) in [6.07, 6.45) is 1.08. The van der Waals surface area contributed by atoms with Crippen molar-refractivity contribution in [1.29, 1.82) is 0 Å². The number of nitrogens with two attached hydrogens (primary N) is 1. The number of benzene rings is 2. The van der Waals surface area contributed by atoms with Crippen LogP contribution in [0.15, 0.2) is 65.0 Å². The highest BCUT2D eigenvalue weighted by molar-refractivity contribution is 14.0. The van der Waals surface area contributed by atoms with Gasteiger partial charge in [-0.1, -0.05) is 30.3 Å². The fourth-order valence-corrected chi connectivity index (χ4v) is 4.82. The number of aliphatic imine (C=N–C) groups is 1. The fraction of sp³-hybridized carbons (Fsp3) is 0.292. The lowest BCUT2D eigenvalue weighted by molar-refractivity contribution is 0.185. The van der Waals surface area contributed by atoms with Gasteiger partial charge in [-0.3, -0.25) is 9.89 Å². The third kappa shape index (κ3) is 5.73. The molecule has 3 aromatic rings. The summed E-state index contributed by atoms with van der Waals surface area (Å²) in [6, 6.07) is 18.5. The van der Waals surface area contributed by atoms with Crippen molar-refractivity contribution in [1.82, 2.24) is 4.90 Å². The van der Waals surface area contributed by atoms with Gasteiger partial charge in [0.1, 0.15) is 0 Å². The number of rotatable bonds is 7. The van der Waals surface area contributed by atoms with E-state index >= 15 is 0 Å². The number of thiophene rings is 1. The Kier molecular flexibility index (Phi) is 8.77. The van der Waals surface area contributed by atoms with E-state index in [2.05, 4.69) is 50.9 Å². The smallest absolute Gasteiger partial charge is 0.193 e. The van der Waals surface area contributed by atoms with Crippen LogP contribution < -0.4 is 20.5 Å². The van der Waals surface area contributed by atoms with Crippen molar-refractivity contribution in [2.75, 3.05) is 32.6 Å². The summed E-state index contributed by atoms with van der Waals surface area (Å²) in [5.74, 6) is 1.69. The van der Waals surface area contributed by atoms with Crippen molar-refractivity contribution in [2.24, 2.45) is 10.7 Å². The van der Waals surface area contributed by atoms with Gasteiger partial charge in [0.25, 0.3) is 0 Å². The molecule has 0 bridgehead atoms. The molecule has 0 saturated heterocycles. The SMILES string of the molecule is COc1ccc(NC(N)=NCC(c2ccccc2)N2CCc3sccc3C2)cc1OC.I. The molecular weight excluding hydrogens is 535 g/mol. The highest BCUT2D eigenvalue weighted by Crippen LogP contribution is 2.31. The van der Waals surface area contributed by atoms with Crippen LogP contribution in [0.4, 0.5) is 5.69 Å². The van der Waals surface area contributed by atoms with E-state index in [-0.39, 0.29) is 30.0 Å². The molecule has 0 amide bonds. The first-order valence-corrected chi connectivity index (χ1v) is 11.2. The molecule has 170 valence electrons. The molecule has 1 unspecified atom stereocenters. The monoisotopic (exact) mass is 564 g/mol. The average molecular weight is 564 g/mol. The molecular formula is C24H29IN4O2S. The summed E-state index contributed by atoms with van der Waals surface area (Å²) in [7, 11) is 3.23. The molecule has 6 nitrogen and oxygen atoms in total. The molecule has 1 aromatic heterocycles. The van der Waals surface area contributed by atoms with Crippen molar-refractivity contribution in [2.45, 2.75) is 19.0 Å². The minimum Gasteiger partial charge on any atom is -0.493 e. The van der Waals surface area contributed by atoms with E-state index in [0.29, 0.717) is 24.0 Å². The zero-order valence-corrected chi connectivity index (χ0v) is 21.4. The van der Waals surface area contributed by atoms with Gasteiger partial charge >= 0.3 is 0 Å². The van der Waals surface area contributed by atoms with Gasteiger partial charge in [0.05, 0.1) is 26.8 Å². The molecule has 0 spiro atoms. The Morgan fingerprint density at radius 3 is 2.66 bits per heavy atom. The van der Waals surface area contributed by atoms with E-state index in [4.69, 9.17) is 15.2 Å². The van der Waals surface area contributed by atoms with Crippen molar-refractivity contribution in [3.63, 3.8) is 0 Å². The second-order valence-electron chi connectivity index (χ2n) is 7.44. The van der Waals surface area contributed by atoms with Crippen molar-refractivity contribution < 1.29 is 9.47 Å². The van der Waals surface area contributed by atoms with Gasteiger partial charge in [-0.15, -0.1) is 35.3 Å². The number of halogens is 1. The highest BCUT2D eigenvalue weighted by atomic mass is 127. The first kappa shape index (κ1) is 24.3. The minimum atomic E-state index is 0. The summed E-state index contributed by atoms with van der Waals surface area (Å²) in [5.41, 5.74) is 9.72. The molecule has 4 rings (SSSR count). The molecule has 0 saturated carbocycles. The molecule has 0 fully saturated rings. The number of methoxy groups -OCH3 is 2. The average Bonchev–Trinajstić information content (AvgIpc) is 3.28. The number of fused-ring (bicyclic) bond motifs is 1. The van der Waals surface area contributed by atoms with Gasteiger partial charge in [0.2, 0.25) is 0 Å². The standard InChI is InChI=1S/C24H28N4O2S.HI/c1-29-21-9-8-19(14-22(21)30-2)27-24(25)26-15-20(17-6-4-3-5-7-17)28-12-10-23-18(16-28)11-13-31-23;/h3-9,11,13-14,20H,10,12,15-16H2,1-2H3,(H3,25,26,27);1H. The molecule has 1 atom stereocenters. The van der Waals surface area contributed by atoms with Crippen LogP contribution in [-0.4, -0.2) is 38.2 Å². The number of hydrogen-bond acceptors (Lipinski definition) is 5. The maximum Gasteiger partial charge on any atom is 0.193 e. The summed E-state index contributed by atoms with van der Waals surface area (Å²) in [4.78, 5) is 8.68. The van der Waals surface area contributed by atoms with E-state index in [1.807, 2.05) is 35.6 Å². The van der Waals surface area contributed by atoms with Crippen LogP contribution in [0.25, 0.3) is 0 Å². The Bertz CT molecular complexity index is 1040. The van der Waals surface area contributed by atoms with Crippen LogP contribution in [-0.2, 0) is 13.0 Å². The minimum absolute atomic E-state index is 0. The number of guanidine groups is 1. The summed E-state index contributed by atoms with van der Waals surface area (Å²) in [6.45, 7) is 2.54. The molecule has 32 heavy (non-hydrogen) atoms. The molecule has 0 aliphatic carbocycles. The third-order valence-corrected chi connectivity index (χ3v) is 6.58. The largest absolute Gasteiger partial charge is 0.493 e. The van der Waals surface area contributed by atoms with Crippen LogP contribution in [0.5, 0.6) is 11.5 Å². The van der Waals surface area contributed by atoms with Crippen LogP contribution in [0, 0.1) is 0 Å². The van der Waals surface area contributed by atoms with Gasteiger partial charge in [-0.05, 0) is 41.1 Å². The molecule has 0 radical (unpaired) electrons. The summed E-state index contributed by atoms with van der Waals surface area (Å²) >= 11 is 1.86. The first-order valence-electron chi connectivity index (χ1n) is 10.3. The van der Waals surface area contributed by atoms with Gasteiger partial charge in [-0.25, -0.2) is 0 Å². The van der Waals surface area contributed by atoms with Crippen LogP contribution in [0.1, 0.15) is 22.0 Å². The molecule has 8 heteroatoms. The quantitative estimate of drug-likeness (QED) is 0.243. The fourth-order valence-electron chi connectivity index (χ4n) is 3.93. The topological polar surface area (TPSA) is 72.1 Å².